The molecule has 0 aromatic rings. The molecule has 0 radical (unpaired) electrons. The molecule has 0 aromatic heterocycles. The van der Waals surface area contributed by atoms with Gasteiger partial charge in [-0.25, -0.2) is 0 Å². The lowest BCUT2D eigenvalue weighted by Crippen LogP contribution is -2.55. The Bertz CT molecular complexity index is 594. The second-order valence-corrected chi connectivity index (χ2v) is 9.10. The van der Waals surface area contributed by atoms with E-state index in [1.807, 2.05) is 38.7 Å². The molecule has 0 spiro atoms. The van der Waals surface area contributed by atoms with E-state index in [0.717, 1.165) is 11.8 Å². The highest BCUT2D eigenvalue weighted by molar-refractivity contribution is 6.54. The van der Waals surface area contributed by atoms with Gasteiger partial charge in [0.15, 0.2) is 0 Å². The maximum Gasteiger partial charge on any atom is 0.490 e. The number of hydrogen-bond acceptors (Lipinski definition) is 4. The summed E-state index contributed by atoms with van der Waals surface area (Å²) in [5, 5.41) is 0. The van der Waals surface area contributed by atoms with Crippen molar-refractivity contribution in [3.8, 4) is 0 Å². The van der Waals surface area contributed by atoms with Crippen LogP contribution in [0.15, 0.2) is 11.5 Å². The minimum atomic E-state index is -4.17. The largest absolute Gasteiger partial charge is 0.490 e. The van der Waals surface area contributed by atoms with Crippen LogP contribution < -0.4 is 0 Å². The predicted octanol–water partition coefficient (Wildman–Crippen LogP) is 3.94. The van der Waals surface area contributed by atoms with Crippen LogP contribution in [0.2, 0.25) is 0 Å². The Hall–Kier alpha value is -0.855. The van der Waals surface area contributed by atoms with E-state index >= 15 is 0 Å². The number of carbonyl (C=O) groups excluding carboxylic acids is 1. The molecule has 152 valence electrons. The monoisotopic (exact) mass is 387 g/mol. The van der Waals surface area contributed by atoms with Crippen molar-refractivity contribution in [3.63, 3.8) is 0 Å². The van der Waals surface area contributed by atoms with Crippen LogP contribution in [-0.4, -0.2) is 54.3 Å². The number of carbonyl (C=O) groups is 1. The van der Waals surface area contributed by atoms with Gasteiger partial charge >= 0.3 is 13.3 Å². The molecule has 3 aliphatic rings. The molecule has 0 bridgehead atoms. The summed E-state index contributed by atoms with van der Waals surface area (Å²) in [4.78, 5) is 13.9. The van der Waals surface area contributed by atoms with Crippen LogP contribution in [0.5, 0.6) is 0 Å². The summed E-state index contributed by atoms with van der Waals surface area (Å²) in [5.41, 5.74) is -0.541. The van der Waals surface area contributed by atoms with E-state index in [9.17, 15) is 18.0 Å². The van der Waals surface area contributed by atoms with E-state index in [4.69, 9.17) is 9.31 Å². The molecule has 8 heteroatoms. The number of hydrogen-bond donors (Lipinski definition) is 0. The molecule has 0 atom stereocenters. The van der Waals surface area contributed by atoms with Gasteiger partial charge in [-0.15, -0.1) is 0 Å². The number of rotatable bonds is 3. The van der Waals surface area contributed by atoms with E-state index in [0.29, 0.717) is 19.5 Å². The minimum absolute atomic E-state index is 0.0204. The zero-order valence-corrected chi connectivity index (χ0v) is 16.6. The van der Waals surface area contributed by atoms with Gasteiger partial charge in [-0.3, -0.25) is 4.90 Å². The van der Waals surface area contributed by atoms with Crippen LogP contribution in [0.4, 0.5) is 13.2 Å². The van der Waals surface area contributed by atoms with Crippen molar-refractivity contribution in [2.45, 2.75) is 82.7 Å². The topological polar surface area (TPSA) is 38.8 Å². The van der Waals surface area contributed by atoms with E-state index in [2.05, 4.69) is 0 Å². The van der Waals surface area contributed by atoms with Crippen molar-refractivity contribution in [2.24, 2.45) is 5.92 Å². The number of alkyl halides is 3. The summed E-state index contributed by atoms with van der Waals surface area (Å²) < 4.78 is 51.0. The fourth-order valence-electron chi connectivity index (χ4n) is 4.25. The first kappa shape index (κ1) is 20.9. The van der Waals surface area contributed by atoms with Gasteiger partial charge < -0.3 is 14.1 Å². The fourth-order valence-corrected chi connectivity index (χ4v) is 4.25. The van der Waals surface area contributed by atoms with Crippen molar-refractivity contribution in [2.75, 3.05) is 13.1 Å². The average molecular weight is 387 g/mol. The average Bonchev–Trinajstić information content (AvgIpc) is 2.82. The second kappa shape index (κ2) is 6.88. The Labute approximate surface area is 159 Å². The Morgan fingerprint density at radius 3 is 2.11 bits per heavy atom. The van der Waals surface area contributed by atoms with Gasteiger partial charge in [-0.05, 0) is 65.3 Å². The standard InChI is InChI=1S/C19H29BF3NO3/c1-16(2)17(3,4)27-20(26-16)15-7-11-24(12-8-15)18(13-25)9-5-14(6-10-18)19(21,22)23/h7,13-14H,5-6,8-12H2,1-4H3. The Kier molecular flexibility index (Phi) is 5.32. The summed E-state index contributed by atoms with van der Waals surface area (Å²) in [7, 11) is -0.398. The molecule has 0 aromatic carbocycles. The number of nitrogens with zero attached hydrogens (tertiary/aromatic N) is 1. The second-order valence-electron chi connectivity index (χ2n) is 9.10. The van der Waals surface area contributed by atoms with E-state index in [1.165, 1.54) is 0 Å². The van der Waals surface area contributed by atoms with Gasteiger partial charge in [0.05, 0.1) is 22.7 Å². The minimum Gasteiger partial charge on any atom is -0.400 e. The Morgan fingerprint density at radius 1 is 1.15 bits per heavy atom. The van der Waals surface area contributed by atoms with Crippen molar-refractivity contribution in [3.05, 3.63) is 11.5 Å². The number of halogens is 3. The normalized spacial score (nSPS) is 34.4. The maximum atomic E-state index is 12.9. The van der Waals surface area contributed by atoms with E-state index in [-0.39, 0.29) is 25.7 Å². The molecule has 4 nitrogen and oxygen atoms in total. The smallest absolute Gasteiger partial charge is 0.400 e. The highest BCUT2D eigenvalue weighted by Crippen LogP contribution is 2.44. The molecule has 2 heterocycles. The molecule has 3 rings (SSSR count). The summed E-state index contributed by atoms with van der Waals surface area (Å²) in [6.07, 6.45) is -0.0182. The Morgan fingerprint density at radius 2 is 1.70 bits per heavy atom. The molecular formula is C19H29BF3NO3. The van der Waals surface area contributed by atoms with Crippen LogP contribution in [0.3, 0.4) is 0 Å². The first-order valence-electron chi connectivity index (χ1n) is 9.73. The maximum absolute atomic E-state index is 12.9. The van der Waals surface area contributed by atoms with Crippen LogP contribution in [-0.2, 0) is 14.1 Å². The summed E-state index contributed by atoms with van der Waals surface area (Å²) >= 11 is 0. The van der Waals surface area contributed by atoms with Crippen molar-refractivity contribution in [1.29, 1.82) is 0 Å². The molecule has 2 fully saturated rings. The van der Waals surface area contributed by atoms with Crippen LogP contribution in [0, 0.1) is 5.92 Å². The third-order valence-corrected chi connectivity index (χ3v) is 6.96. The first-order chi connectivity index (χ1) is 12.4. The van der Waals surface area contributed by atoms with Gasteiger partial charge in [0.1, 0.15) is 6.29 Å². The molecule has 27 heavy (non-hydrogen) atoms. The Balaban J connectivity index is 1.65. The molecule has 2 aliphatic heterocycles. The highest BCUT2D eigenvalue weighted by Gasteiger charge is 2.53. The molecule has 1 aliphatic carbocycles. The van der Waals surface area contributed by atoms with Crippen molar-refractivity contribution < 1.29 is 27.3 Å². The molecule has 1 saturated carbocycles. The third kappa shape index (κ3) is 3.85. The highest BCUT2D eigenvalue weighted by atomic mass is 19.4. The molecule has 0 N–H and O–H groups in total. The number of aldehydes is 1. The van der Waals surface area contributed by atoms with Gasteiger partial charge in [0, 0.05) is 13.1 Å². The molecule has 0 amide bonds. The summed E-state index contributed by atoms with van der Waals surface area (Å²) in [6.45, 7) is 9.18. The molecule has 0 unspecified atom stereocenters. The van der Waals surface area contributed by atoms with Gasteiger partial charge in [0.2, 0.25) is 0 Å². The molecular weight excluding hydrogens is 358 g/mol. The van der Waals surface area contributed by atoms with E-state index < -0.39 is 36.0 Å². The van der Waals surface area contributed by atoms with Crippen molar-refractivity contribution >= 4 is 13.4 Å². The van der Waals surface area contributed by atoms with Crippen LogP contribution in [0.1, 0.15) is 59.8 Å². The lowest BCUT2D eigenvalue weighted by molar-refractivity contribution is -0.188. The summed E-state index contributed by atoms with van der Waals surface area (Å²) in [5.74, 6) is -1.29. The lowest BCUT2D eigenvalue weighted by atomic mass is 9.72. The zero-order valence-electron chi connectivity index (χ0n) is 16.6. The van der Waals surface area contributed by atoms with Gasteiger partial charge in [0.25, 0.3) is 0 Å². The first-order valence-corrected chi connectivity index (χ1v) is 9.73. The van der Waals surface area contributed by atoms with E-state index in [1.54, 1.807) is 0 Å². The van der Waals surface area contributed by atoms with Crippen molar-refractivity contribution in [1.82, 2.24) is 4.90 Å². The zero-order chi connectivity index (χ0) is 20.1. The fraction of sp³-hybridized carbons (Fsp3) is 0.842. The van der Waals surface area contributed by atoms with Crippen LogP contribution >= 0.6 is 0 Å². The lowest BCUT2D eigenvalue weighted by Gasteiger charge is -2.45. The SMILES string of the molecule is CC1(C)OB(C2=CCN(C3(C=O)CCC(C(F)(F)F)CC3)CC2)OC1(C)C. The quantitative estimate of drug-likeness (QED) is 0.543. The summed E-state index contributed by atoms with van der Waals surface area (Å²) in [6, 6.07) is 0. The third-order valence-electron chi connectivity index (χ3n) is 6.96. The van der Waals surface area contributed by atoms with Gasteiger partial charge in [-0.1, -0.05) is 6.08 Å². The van der Waals surface area contributed by atoms with Crippen LogP contribution in [0.25, 0.3) is 0 Å². The van der Waals surface area contributed by atoms with Gasteiger partial charge in [-0.2, -0.15) is 13.2 Å². The predicted molar refractivity (Wildman–Crippen MR) is 97.2 cm³/mol. The molecule has 1 saturated heterocycles.